The molecule has 2 N–H and O–H groups in total. The maximum Gasteiger partial charge on any atom is 0.251 e. The lowest BCUT2D eigenvalue weighted by molar-refractivity contribution is -0.116. The number of ketones is 1. The average molecular weight is 272 g/mol. The van der Waals surface area contributed by atoms with Gasteiger partial charge >= 0.3 is 0 Å². The van der Waals surface area contributed by atoms with Crippen molar-refractivity contribution in [2.24, 2.45) is 0 Å². The second kappa shape index (κ2) is 5.12. The number of hydrogen-bond acceptors (Lipinski definition) is 2. The molecule has 0 fully saturated rings. The maximum absolute atomic E-state index is 11.7. The monoisotopic (exact) mass is 272 g/mol. The molecule has 0 aliphatic carbocycles. The molecule has 2 heterocycles. The SMILES string of the molecule is CCC1=C(C)C(=O)N/C1=C\c1[nH]c(C)c(C(C)=O)c1C. The van der Waals surface area contributed by atoms with Gasteiger partial charge in [0.15, 0.2) is 5.78 Å². The summed E-state index contributed by atoms with van der Waals surface area (Å²) in [6.07, 6.45) is 2.72. The van der Waals surface area contributed by atoms with Gasteiger partial charge in [0.1, 0.15) is 0 Å². The van der Waals surface area contributed by atoms with Crippen LogP contribution in [0.15, 0.2) is 16.8 Å². The number of carbonyl (C=O) groups excluding carboxylic acids is 2. The van der Waals surface area contributed by atoms with Crippen molar-refractivity contribution in [1.82, 2.24) is 10.3 Å². The van der Waals surface area contributed by atoms with Gasteiger partial charge in [0.05, 0.1) is 0 Å². The fraction of sp³-hybridized carbons (Fsp3) is 0.375. The van der Waals surface area contributed by atoms with Gasteiger partial charge in [-0.1, -0.05) is 6.92 Å². The second-order valence-electron chi connectivity index (χ2n) is 5.19. The molecule has 0 atom stereocenters. The van der Waals surface area contributed by atoms with Gasteiger partial charge in [0.25, 0.3) is 5.91 Å². The standard InChI is InChI=1S/C16H20N2O2/c1-6-12-8(2)16(20)18-14(12)7-13-9(3)15(11(5)19)10(4)17-13/h7,17H,6H2,1-5H3,(H,18,20)/b14-7-. The third kappa shape index (κ3) is 2.22. The molecule has 4 heteroatoms. The molecule has 1 aromatic rings. The Morgan fingerprint density at radius 3 is 2.40 bits per heavy atom. The molecule has 20 heavy (non-hydrogen) atoms. The first kappa shape index (κ1) is 14.3. The minimum atomic E-state index is -0.0409. The predicted molar refractivity (Wildman–Crippen MR) is 79.4 cm³/mol. The van der Waals surface area contributed by atoms with Crippen LogP contribution in [0.25, 0.3) is 6.08 Å². The largest absolute Gasteiger partial charge is 0.358 e. The van der Waals surface area contributed by atoms with Gasteiger partial charge in [-0.25, -0.2) is 0 Å². The molecular formula is C16H20N2O2. The molecule has 1 aliphatic rings. The summed E-state index contributed by atoms with van der Waals surface area (Å²) >= 11 is 0. The number of nitrogens with one attached hydrogen (secondary N) is 2. The van der Waals surface area contributed by atoms with Crippen LogP contribution in [0.5, 0.6) is 0 Å². The Bertz CT molecular complexity index is 660. The number of carbonyl (C=O) groups is 2. The smallest absolute Gasteiger partial charge is 0.251 e. The summed E-state index contributed by atoms with van der Waals surface area (Å²) in [7, 11) is 0. The Morgan fingerprint density at radius 1 is 1.25 bits per heavy atom. The van der Waals surface area contributed by atoms with Crippen molar-refractivity contribution in [2.45, 2.75) is 41.0 Å². The Kier molecular flexibility index (Phi) is 3.66. The summed E-state index contributed by atoms with van der Waals surface area (Å²) in [4.78, 5) is 26.6. The van der Waals surface area contributed by atoms with Crippen molar-refractivity contribution in [2.75, 3.05) is 0 Å². The Morgan fingerprint density at radius 2 is 1.90 bits per heavy atom. The van der Waals surface area contributed by atoms with Crippen molar-refractivity contribution in [3.63, 3.8) is 0 Å². The summed E-state index contributed by atoms with van der Waals surface area (Å²) in [6.45, 7) is 9.24. The number of hydrogen-bond donors (Lipinski definition) is 2. The predicted octanol–water partition coefficient (Wildman–Crippen LogP) is 3.03. The highest BCUT2D eigenvalue weighted by Crippen LogP contribution is 2.27. The van der Waals surface area contributed by atoms with Crippen LogP contribution in [0.1, 0.15) is 54.5 Å². The molecule has 0 saturated carbocycles. The molecular weight excluding hydrogens is 252 g/mol. The van der Waals surface area contributed by atoms with E-state index in [0.717, 1.165) is 45.8 Å². The summed E-state index contributed by atoms with van der Waals surface area (Å²) in [5.41, 5.74) is 6.04. The Balaban J connectivity index is 2.50. The van der Waals surface area contributed by atoms with Gasteiger partial charge < -0.3 is 10.3 Å². The fourth-order valence-electron chi connectivity index (χ4n) is 2.80. The number of Topliss-reactive ketones (excluding diaryl/α,β-unsaturated/α-hetero) is 1. The third-order valence-corrected chi connectivity index (χ3v) is 3.84. The van der Waals surface area contributed by atoms with Gasteiger partial charge in [-0.05, 0) is 51.3 Å². The molecule has 1 amide bonds. The molecule has 0 spiro atoms. The topological polar surface area (TPSA) is 62.0 Å². The van der Waals surface area contributed by atoms with Gasteiger partial charge in [-0.3, -0.25) is 9.59 Å². The van der Waals surface area contributed by atoms with E-state index >= 15 is 0 Å². The Hall–Kier alpha value is -2.10. The highest BCUT2D eigenvalue weighted by molar-refractivity contribution is 6.01. The molecule has 0 bridgehead atoms. The molecule has 1 aliphatic heterocycles. The average Bonchev–Trinajstić information content (AvgIpc) is 2.78. The summed E-state index contributed by atoms with van der Waals surface area (Å²) in [6, 6.07) is 0. The number of aryl methyl sites for hydroxylation is 1. The molecule has 0 radical (unpaired) electrons. The van der Waals surface area contributed by atoms with Gasteiger partial charge in [-0.15, -0.1) is 0 Å². The van der Waals surface area contributed by atoms with Crippen LogP contribution in [0.2, 0.25) is 0 Å². The number of H-pyrrole nitrogens is 1. The van der Waals surface area contributed by atoms with Gasteiger partial charge in [0.2, 0.25) is 0 Å². The lowest BCUT2D eigenvalue weighted by Crippen LogP contribution is -2.15. The highest BCUT2D eigenvalue weighted by Gasteiger charge is 2.23. The van der Waals surface area contributed by atoms with E-state index < -0.39 is 0 Å². The highest BCUT2D eigenvalue weighted by atomic mass is 16.2. The van der Waals surface area contributed by atoms with E-state index in [1.807, 2.05) is 33.8 Å². The fourth-order valence-corrected chi connectivity index (χ4v) is 2.80. The van der Waals surface area contributed by atoms with E-state index in [4.69, 9.17) is 0 Å². The summed E-state index contributed by atoms with van der Waals surface area (Å²) < 4.78 is 0. The normalized spacial score (nSPS) is 17.1. The minimum Gasteiger partial charge on any atom is -0.358 e. The molecule has 4 nitrogen and oxygen atoms in total. The number of aromatic nitrogens is 1. The van der Waals surface area contributed by atoms with E-state index in [1.54, 1.807) is 6.92 Å². The van der Waals surface area contributed by atoms with E-state index in [0.29, 0.717) is 0 Å². The molecule has 0 saturated heterocycles. The minimum absolute atomic E-state index is 0.0409. The van der Waals surface area contributed by atoms with Gasteiger partial charge in [0, 0.05) is 28.2 Å². The number of aromatic amines is 1. The van der Waals surface area contributed by atoms with Gasteiger partial charge in [-0.2, -0.15) is 0 Å². The van der Waals surface area contributed by atoms with Crippen molar-refractivity contribution in [1.29, 1.82) is 0 Å². The summed E-state index contributed by atoms with van der Waals surface area (Å²) in [5.74, 6) is 0.0135. The van der Waals surface area contributed by atoms with E-state index in [2.05, 4.69) is 10.3 Å². The molecule has 0 aromatic carbocycles. The zero-order valence-electron chi connectivity index (χ0n) is 12.6. The second-order valence-corrected chi connectivity index (χ2v) is 5.19. The third-order valence-electron chi connectivity index (χ3n) is 3.84. The van der Waals surface area contributed by atoms with Crippen LogP contribution >= 0.6 is 0 Å². The van der Waals surface area contributed by atoms with Crippen molar-refractivity contribution < 1.29 is 9.59 Å². The zero-order chi connectivity index (χ0) is 15.0. The lowest BCUT2D eigenvalue weighted by Gasteiger charge is -2.03. The van der Waals surface area contributed by atoms with Crippen molar-refractivity contribution in [3.05, 3.63) is 39.4 Å². The van der Waals surface area contributed by atoms with Crippen LogP contribution in [0.4, 0.5) is 0 Å². The molecule has 106 valence electrons. The number of allylic oxidation sites excluding steroid dienone is 1. The zero-order valence-corrected chi connectivity index (χ0v) is 12.6. The first-order chi connectivity index (χ1) is 9.36. The Labute approximate surface area is 119 Å². The first-order valence-corrected chi connectivity index (χ1v) is 6.80. The van der Waals surface area contributed by atoms with Crippen LogP contribution < -0.4 is 5.32 Å². The van der Waals surface area contributed by atoms with Crippen molar-refractivity contribution >= 4 is 17.8 Å². The van der Waals surface area contributed by atoms with Crippen LogP contribution in [0.3, 0.4) is 0 Å². The number of amides is 1. The van der Waals surface area contributed by atoms with Crippen molar-refractivity contribution in [3.8, 4) is 0 Å². The van der Waals surface area contributed by atoms with E-state index in [9.17, 15) is 9.59 Å². The van der Waals surface area contributed by atoms with E-state index in [-0.39, 0.29) is 11.7 Å². The van der Waals surface area contributed by atoms with Crippen LogP contribution in [-0.4, -0.2) is 16.7 Å². The lowest BCUT2D eigenvalue weighted by atomic mass is 10.0. The summed E-state index contributed by atoms with van der Waals surface area (Å²) in [5, 5.41) is 2.88. The molecule has 2 rings (SSSR count). The maximum atomic E-state index is 11.7. The number of rotatable bonds is 3. The van der Waals surface area contributed by atoms with E-state index in [1.165, 1.54) is 0 Å². The quantitative estimate of drug-likeness (QED) is 0.831. The molecule has 1 aromatic heterocycles. The molecule has 0 unspecified atom stereocenters. The van der Waals surface area contributed by atoms with Crippen LogP contribution in [-0.2, 0) is 4.79 Å². The van der Waals surface area contributed by atoms with Crippen LogP contribution in [0, 0.1) is 13.8 Å². The first-order valence-electron chi connectivity index (χ1n) is 6.80.